The topological polar surface area (TPSA) is 221 Å². The largest absolute Gasteiger partial charge is 1.00 e. The van der Waals surface area contributed by atoms with E-state index in [0.29, 0.717) is 30.1 Å². The van der Waals surface area contributed by atoms with Crippen molar-refractivity contribution in [1.29, 1.82) is 0 Å². The van der Waals surface area contributed by atoms with E-state index in [9.17, 15) is 32.1 Å². The summed E-state index contributed by atoms with van der Waals surface area (Å²) in [5, 5.41) is 2.64. The van der Waals surface area contributed by atoms with Gasteiger partial charge in [0.1, 0.15) is 23.4 Å². The number of phosphoric ester groups is 1. The van der Waals surface area contributed by atoms with Gasteiger partial charge >= 0.3 is 72.8 Å². The van der Waals surface area contributed by atoms with Crippen molar-refractivity contribution in [1.82, 2.24) is 9.62 Å². The standard InChI is InChI=1S/C38H52N2O15P2S.2Na/c1-26(2)22-40(58(46,47)32-17-15-29(48-5)16-18-32)23-35(55-57(43,44)45)34(39-38(41)52-36-24-50-37-33(36)19-20-49-37)21-28-11-13-30(14-12-28)51-25-56(42,53-27(3)4)54-31-9-7-6-8-10-31;;/h6-18,26-27,33-37H,19-25H2,1-5H3,(H,39,41)(H2,43,44,45);;/q;2*+1/p-2/t33-,34-,35+,36-,37+,56?;;/m0../s1. The fourth-order valence-electron chi connectivity index (χ4n) is 6.49. The van der Waals surface area contributed by atoms with Gasteiger partial charge in [-0.05, 0) is 86.7 Å². The quantitative estimate of drug-likeness (QED) is 0.0970. The summed E-state index contributed by atoms with van der Waals surface area (Å²) in [4.78, 5) is 38.0. The number of hydrogen-bond donors (Lipinski definition) is 1. The molecule has 0 bridgehead atoms. The maximum atomic E-state index is 14.1. The Morgan fingerprint density at radius 2 is 1.53 bits per heavy atom. The van der Waals surface area contributed by atoms with Gasteiger partial charge in [0, 0.05) is 13.1 Å². The number of rotatable bonds is 21. The number of alkyl carbamates (subject to hydrolysis) is 1. The zero-order valence-corrected chi connectivity index (χ0v) is 41.5. The second-order valence-corrected chi connectivity index (χ2v) is 19.4. The third kappa shape index (κ3) is 15.9. The van der Waals surface area contributed by atoms with Crippen molar-refractivity contribution in [2.24, 2.45) is 11.8 Å². The van der Waals surface area contributed by atoms with Gasteiger partial charge in [0.15, 0.2) is 6.29 Å². The number of fused-ring (bicyclic) bond motifs is 1. The predicted octanol–water partition coefficient (Wildman–Crippen LogP) is -1.30. The zero-order chi connectivity index (χ0) is 42.1. The Labute approximate surface area is 395 Å². The summed E-state index contributed by atoms with van der Waals surface area (Å²) < 4.78 is 99.3. The Bertz CT molecular complexity index is 2000. The molecule has 1 unspecified atom stereocenters. The van der Waals surface area contributed by atoms with Crippen LogP contribution in [0.25, 0.3) is 0 Å². The molecule has 1 amide bonds. The van der Waals surface area contributed by atoms with E-state index in [1.54, 1.807) is 82.3 Å². The fourth-order valence-corrected chi connectivity index (χ4v) is 10.2. The van der Waals surface area contributed by atoms with E-state index >= 15 is 0 Å². The second-order valence-electron chi connectivity index (χ2n) is 14.5. The van der Waals surface area contributed by atoms with Crippen molar-refractivity contribution in [2.45, 2.75) is 76.1 Å². The van der Waals surface area contributed by atoms with Gasteiger partial charge in [-0.2, -0.15) is 4.31 Å². The molecule has 17 nitrogen and oxygen atoms in total. The van der Waals surface area contributed by atoms with E-state index in [4.69, 9.17) is 37.3 Å². The van der Waals surface area contributed by atoms with Crippen molar-refractivity contribution >= 4 is 31.5 Å². The first-order valence-corrected chi connectivity index (χ1v) is 23.3. The number of hydrogen-bond acceptors (Lipinski definition) is 15. The molecule has 2 saturated heterocycles. The van der Waals surface area contributed by atoms with Crippen LogP contribution < -0.4 is 88.2 Å². The molecule has 0 aromatic heterocycles. The first-order valence-electron chi connectivity index (χ1n) is 18.7. The molecular weight excluding hydrogens is 864 g/mol. The van der Waals surface area contributed by atoms with Gasteiger partial charge in [0.25, 0.3) is 0 Å². The molecule has 2 aliphatic heterocycles. The zero-order valence-electron chi connectivity index (χ0n) is 34.9. The molecule has 2 fully saturated rings. The number of methoxy groups -OCH3 is 1. The van der Waals surface area contributed by atoms with Crippen LogP contribution in [0.3, 0.4) is 0 Å². The number of nitrogens with zero attached hydrogens (tertiary/aromatic N) is 1. The Hall–Kier alpha value is -1.54. The summed E-state index contributed by atoms with van der Waals surface area (Å²) in [5.74, 6) is 0.544. The first kappa shape index (κ1) is 52.8. The molecule has 2 heterocycles. The first-order chi connectivity index (χ1) is 27.4. The molecule has 6 atom stereocenters. The molecule has 3 aromatic rings. The summed E-state index contributed by atoms with van der Waals surface area (Å²) in [5.41, 5.74) is 0.488. The van der Waals surface area contributed by atoms with E-state index in [-0.39, 0.29) is 101 Å². The second kappa shape index (κ2) is 23.9. The van der Waals surface area contributed by atoms with Crippen molar-refractivity contribution in [2.75, 3.05) is 39.8 Å². The number of amides is 1. The van der Waals surface area contributed by atoms with Gasteiger partial charge < -0.3 is 52.4 Å². The molecule has 0 saturated carbocycles. The van der Waals surface area contributed by atoms with E-state index in [0.717, 1.165) is 4.31 Å². The number of para-hydroxylation sites is 1. The number of nitrogens with one attached hydrogen (secondary N) is 1. The Balaban J connectivity index is 0.00000480. The van der Waals surface area contributed by atoms with Crippen LogP contribution in [0, 0.1) is 11.8 Å². The van der Waals surface area contributed by atoms with Crippen LogP contribution in [0.15, 0.2) is 83.8 Å². The number of phosphoric acid groups is 1. The van der Waals surface area contributed by atoms with Gasteiger partial charge in [-0.3, -0.25) is 4.52 Å². The van der Waals surface area contributed by atoms with E-state index in [2.05, 4.69) is 5.32 Å². The van der Waals surface area contributed by atoms with Crippen LogP contribution in [0.4, 0.5) is 4.79 Å². The summed E-state index contributed by atoms with van der Waals surface area (Å²) in [7, 11) is -12.5. The van der Waals surface area contributed by atoms with Crippen molar-refractivity contribution in [3.63, 3.8) is 0 Å². The van der Waals surface area contributed by atoms with Gasteiger partial charge in [-0.15, -0.1) is 0 Å². The monoisotopic (exact) mass is 914 g/mol. The number of ether oxygens (including phenoxy) is 5. The van der Waals surface area contributed by atoms with Crippen LogP contribution in [-0.4, -0.2) is 89.2 Å². The molecule has 1 N–H and O–H groups in total. The Morgan fingerprint density at radius 1 is 0.883 bits per heavy atom. The summed E-state index contributed by atoms with van der Waals surface area (Å²) >= 11 is 0. The van der Waals surface area contributed by atoms with Crippen LogP contribution in [0.5, 0.6) is 17.2 Å². The molecule has 0 radical (unpaired) electrons. The third-order valence-electron chi connectivity index (χ3n) is 9.04. The minimum Gasteiger partial charge on any atom is -0.790 e. The van der Waals surface area contributed by atoms with Crippen molar-refractivity contribution < 1.29 is 128 Å². The molecule has 5 rings (SSSR count). The molecular formula is C38H50N2Na2O15P2S. The molecule has 0 aliphatic carbocycles. The number of carbonyl (C=O) groups is 1. The van der Waals surface area contributed by atoms with Crippen LogP contribution >= 0.6 is 15.4 Å². The van der Waals surface area contributed by atoms with Gasteiger partial charge in [0.05, 0.1) is 57.2 Å². The number of carbonyl (C=O) groups excluding carboxylic acids is 1. The maximum Gasteiger partial charge on any atom is 1.00 e. The molecule has 2 aliphatic rings. The van der Waals surface area contributed by atoms with Crippen molar-refractivity contribution in [3.8, 4) is 17.2 Å². The number of sulfonamides is 1. The SMILES string of the molecule is COc1ccc(S(=O)(=O)N(CC(C)C)C[C@@H](OP(=O)([O-])[O-])[C@H](Cc2ccc(OCP(=O)(Oc3ccccc3)OC(C)C)cc2)NC(=O)O[C@H]2CO[C@H]3OCC[C@H]32)cc1.[Na+].[Na+]. The summed E-state index contributed by atoms with van der Waals surface area (Å²) in [6.07, 6.45) is -4.36. The average Bonchev–Trinajstić information content (AvgIpc) is 3.78. The van der Waals surface area contributed by atoms with Crippen LogP contribution in [-0.2, 0) is 48.8 Å². The minimum atomic E-state index is -5.80. The maximum absolute atomic E-state index is 14.1. The van der Waals surface area contributed by atoms with E-state index in [1.807, 2.05) is 0 Å². The predicted molar refractivity (Wildman–Crippen MR) is 207 cm³/mol. The fraction of sp³-hybridized carbons (Fsp3) is 0.500. The normalized spacial score (nSPS) is 19.7. The molecule has 0 spiro atoms. The van der Waals surface area contributed by atoms with Gasteiger partial charge in [-0.1, -0.05) is 44.2 Å². The Kier molecular flexibility index (Phi) is 21.1. The summed E-state index contributed by atoms with van der Waals surface area (Å²) in [6, 6.07) is 19.1. The van der Waals surface area contributed by atoms with E-state index < -0.39 is 75.1 Å². The van der Waals surface area contributed by atoms with Gasteiger partial charge in [0.2, 0.25) is 16.4 Å². The minimum absolute atomic E-state index is 0. The van der Waals surface area contributed by atoms with Crippen molar-refractivity contribution in [3.05, 3.63) is 84.4 Å². The molecule has 22 heteroatoms. The smallest absolute Gasteiger partial charge is 0.790 e. The van der Waals surface area contributed by atoms with E-state index in [1.165, 1.54) is 31.4 Å². The Morgan fingerprint density at radius 3 is 2.13 bits per heavy atom. The molecule has 320 valence electrons. The molecule has 3 aromatic carbocycles. The van der Waals surface area contributed by atoms with Crippen LogP contribution in [0.1, 0.15) is 39.7 Å². The summed E-state index contributed by atoms with van der Waals surface area (Å²) in [6.45, 7) is 6.70. The van der Waals surface area contributed by atoms with Crippen LogP contribution in [0.2, 0.25) is 0 Å². The molecule has 60 heavy (non-hydrogen) atoms. The number of benzene rings is 3. The van der Waals surface area contributed by atoms with Gasteiger partial charge in [-0.25, -0.2) is 17.8 Å². The average molecular weight is 915 g/mol. The third-order valence-corrected chi connectivity index (χ3v) is 13.1.